The fourth-order valence-electron chi connectivity index (χ4n) is 2.24. The first-order chi connectivity index (χ1) is 6.69. The van der Waals surface area contributed by atoms with Gasteiger partial charge in [-0.15, -0.1) is 0 Å². The summed E-state index contributed by atoms with van der Waals surface area (Å²) in [6, 6.07) is 0. The van der Waals surface area contributed by atoms with Crippen molar-refractivity contribution in [3.05, 3.63) is 0 Å². The first-order valence-electron chi connectivity index (χ1n) is 5.52. The number of imide groups is 1. The van der Waals surface area contributed by atoms with Crippen LogP contribution in [0, 0.1) is 11.8 Å². The summed E-state index contributed by atoms with van der Waals surface area (Å²) < 4.78 is 0. The number of carbonyl (C=O) groups is 2. The van der Waals surface area contributed by atoms with Gasteiger partial charge in [0.15, 0.2) is 0 Å². The first kappa shape index (κ1) is 11.2. The molecule has 0 aliphatic carbocycles. The Balaban J connectivity index is 2.58. The summed E-state index contributed by atoms with van der Waals surface area (Å²) in [6.07, 6.45) is 4.69. The lowest BCUT2D eigenvalue weighted by molar-refractivity contribution is -0.126. The number of carbonyl (C=O) groups excluding carboxylic acids is 2. The zero-order valence-corrected chi connectivity index (χ0v) is 9.01. The van der Waals surface area contributed by atoms with Crippen LogP contribution in [0.25, 0.3) is 0 Å². The Labute approximate surface area is 85.3 Å². The summed E-state index contributed by atoms with van der Waals surface area (Å²) in [5, 5.41) is 2.39. The van der Waals surface area contributed by atoms with Gasteiger partial charge < -0.3 is 0 Å². The highest BCUT2D eigenvalue weighted by molar-refractivity contribution is 6.03. The van der Waals surface area contributed by atoms with Gasteiger partial charge in [-0.05, 0) is 18.8 Å². The average Bonchev–Trinajstić information content (AvgIpc) is 2.45. The molecule has 1 rings (SSSR count). The quantitative estimate of drug-likeness (QED) is 0.684. The molecule has 0 saturated carbocycles. The van der Waals surface area contributed by atoms with E-state index in [0.29, 0.717) is 12.3 Å². The van der Waals surface area contributed by atoms with Crippen molar-refractivity contribution in [2.24, 2.45) is 11.8 Å². The van der Waals surface area contributed by atoms with E-state index in [2.05, 4.69) is 19.2 Å². The second-order valence-electron chi connectivity index (χ2n) is 4.06. The van der Waals surface area contributed by atoms with Gasteiger partial charge in [0.1, 0.15) is 0 Å². The van der Waals surface area contributed by atoms with Crippen molar-refractivity contribution in [1.82, 2.24) is 5.32 Å². The molecule has 1 aliphatic rings. The summed E-state index contributed by atoms with van der Waals surface area (Å²) in [7, 11) is 0. The van der Waals surface area contributed by atoms with Crippen molar-refractivity contribution in [3.8, 4) is 0 Å². The highest BCUT2D eigenvalue weighted by Crippen LogP contribution is 2.28. The maximum absolute atomic E-state index is 11.4. The van der Waals surface area contributed by atoms with Crippen molar-refractivity contribution in [3.63, 3.8) is 0 Å². The number of amides is 2. The summed E-state index contributed by atoms with van der Waals surface area (Å²) in [4.78, 5) is 22.5. The molecule has 0 aromatic heterocycles. The van der Waals surface area contributed by atoms with Crippen molar-refractivity contribution in [2.45, 2.75) is 46.0 Å². The van der Waals surface area contributed by atoms with E-state index < -0.39 is 0 Å². The molecule has 1 heterocycles. The molecule has 0 bridgehead atoms. The van der Waals surface area contributed by atoms with Gasteiger partial charge in [0.05, 0.1) is 0 Å². The van der Waals surface area contributed by atoms with E-state index >= 15 is 0 Å². The SMILES string of the molecule is CCCC(CCC)C1CC(=O)NC1=O. The molecule has 3 nitrogen and oxygen atoms in total. The molecule has 2 amide bonds. The van der Waals surface area contributed by atoms with E-state index in [9.17, 15) is 9.59 Å². The van der Waals surface area contributed by atoms with Gasteiger partial charge in [0, 0.05) is 12.3 Å². The summed E-state index contributed by atoms with van der Waals surface area (Å²) in [5.41, 5.74) is 0. The van der Waals surface area contributed by atoms with Crippen molar-refractivity contribution >= 4 is 11.8 Å². The van der Waals surface area contributed by atoms with Crippen LogP contribution in [0.3, 0.4) is 0 Å². The van der Waals surface area contributed by atoms with Gasteiger partial charge in [-0.3, -0.25) is 14.9 Å². The highest BCUT2D eigenvalue weighted by Gasteiger charge is 2.35. The molecule has 1 fully saturated rings. The van der Waals surface area contributed by atoms with Crippen LogP contribution < -0.4 is 5.32 Å². The molecule has 1 atom stereocenters. The molecular weight excluding hydrogens is 178 g/mol. The Hall–Kier alpha value is -0.860. The van der Waals surface area contributed by atoms with Crippen molar-refractivity contribution in [1.29, 1.82) is 0 Å². The van der Waals surface area contributed by atoms with Gasteiger partial charge in [0.25, 0.3) is 0 Å². The Morgan fingerprint density at radius 3 is 2.21 bits per heavy atom. The number of hydrogen-bond acceptors (Lipinski definition) is 2. The summed E-state index contributed by atoms with van der Waals surface area (Å²) in [6.45, 7) is 4.24. The minimum Gasteiger partial charge on any atom is -0.296 e. The number of nitrogens with one attached hydrogen (secondary N) is 1. The standard InChI is InChI=1S/C11H19NO2/c1-3-5-8(6-4-2)9-7-10(13)12-11(9)14/h8-9H,3-7H2,1-2H3,(H,12,13,14). The molecule has 0 radical (unpaired) electrons. The Morgan fingerprint density at radius 1 is 1.29 bits per heavy atom. The zero-order chi connectivity index (χ0) is 10.6. The van der Waals surface area contributed by atoms with Crippen LogP contribution in [0.5, 0.6) is 0 Å². The van der Waals surface area contributed by atoms with E-state index in [1.165, 1.54) is 0 Å². The van der Waals surface area contributed by atoms with E-state index in [1.807, 2.05) is 0 Å². The molecule has 14 heavy (non-hydrogen) atoms. The van der Waals surface area contributed by atoms with Crippen LogP contribution in [0.1, 0.15) is 46.0 Å². The smallest absolute Gasteiger partial charge is 0.230 e. The predicted molar refractivity (Wildman–Crippen MR) is 54.6 cm³/mol. The Morgan fingerprint density at radius 2 is 1.86 bits per heavy atom. The third kappa shape index (κ3) is 2.56. The van der Waals surface area contributed by atoms with Crippen molar-refractivity contribution in [2.75, 3.05) is 0 Å². The normalized spacial score (nSPS) is 21.8. The minimum absolute atomic E-state index is 0.0533. The second-order valence-corrected chi connectivity index (χ2v) is 4.06. The molecular formula is C11H19NO2. The second kappa shape index (κ2) is 5.13. The van der Waals surface area contributed by atoms with E-state index in [-0.39, 0.29) is 17.7 Å². The third-order valence-electron chi connectivity index (χ3n) is 2.89. The van der Waals surface area contributed by atoms with E-state index in [4.69, 9.17) is 0 Å². The van der Waals surface area contributed by atoms with Crippen LogP contribution in [0.4, 0.5) is 0 Å². The fraction of sp³-hybridized carbons (Fsp3) is 0.818. The molecule has 0 aromatic rings. The van der Waals surface area contributed by atoms with E-state index in [0.717, 1.165) is 25.7 Å². The summed E-state index contributed by atoms with van der Waals surface area (Å²) >= 11 is 0. The zero-order valence-electron chi connectivity index (χ0n) is 9.01. The maximum atomic E-state index is 11.4. The van der Waals surface area contributed by atoms with Gasteiger partial charge in [-0.1, -0.05) is 26.7 Å². The third-order valence-corrected chi connectivity index (χ3v) is 2.89. The summed E-state index contributed by atoms with van der Waals surface area (Å²) in [5.74, 6) is 0.193. The van der Waals surface area contributed by atoms with Crippen LogP contribution in [0.15, 0.2) is 0 Å². The van der Waals surface area contributed by atoms with E-state index in [1.54, 1.807) is 0 Å². The van der Waals surface area contributed by atoms with Crippen LogP contribution >= 0.6 is 0 Å². The highest BCUT2D eigenvalue weighted by atomic mass is 16.2. The Kier molecular flexibility index (Phi) is 4.11. The first-order valence-corrected chi connectivity index (χ1v) is 5.52. The van der Waals surface area contributed by atoms with Gasteiger partial charge in [0.2, 0.25) is 11.8 Å². The average molecular weight is 197 g/mol. The van der Waals surface area contributed by atoms with Gasteiger partial charge in [-0.25, -0.2) is 0 Å². The molecule has 3 heteroatoms. The molecule has 1 aliphatic heterocycles. The largest absolute Gasteiger partial charge is 0.296 e. The lowest BCUT2D eigenvalue weighted by atomic mass is 9.84. The Bertz CT molecular complexity index is 219. The fourth-order valence-corrected chi connectivity index (χ4v) is 2.24. The molecule has 0 spiro atoms. The minimum atomic E-state index is -0.0998. The molecule has 1 N–H and O–H groups in total. The lowest BCUT2D eigenvalue weighted by Crippen LogP contribution is -2.26. The van der Waals surface area contributed by atoms with Crippen LogP contribution in [-0.4, -0.2) is 11.8 Å². The lowest BCUT2D eigenvalue weighted by Gasteiger charge is -2.19. The molecule has 80 valence electrons. The number of hydrogen-bond donors (Lipinski definition) is 1. The number of rotatable bonds is 5. The monoisotopic (exact) mass is 197 g/mol. The van der Waals surface area contributed by atoms with Gasteiger partial charge >= 0.3 is 0 Å². The maximum Gasteiger partial charge on any atom is 0.230 e. The van der Waals surface area contributed by atoms with Crippen LogP contribution in [0.2, 0.25) is 0 Å². The van der Waals surface area contributed by atoms with Gasteiger partial charge in [-0.2, -0.15) is 0 Å². The topological polar surface area (TPSA) is 46.2 Å². The molecule has 0 aromatic carbocycles. The van der Waals surface area contributed by atoms with Crippen LogP contribution in [-0.2, 0) is 9.59 Å². The van der Waals surface area contributed by atoms with Crippen molar-refractivity contribution < 1.29 is 9.59 Å². The molecule has 1 saturated heterocycles. The molecule has 1 unspecified atom stereocenters. The predicted octanol–water partition coefficient (Wildman–Crippen LogP) is 1.87.